The SMILES string of the molecule is CN1CCN(C[C@@H]2C=C(c3ccc(-c4ccc(N5C[C@H](Cn6ccnn6)OC5=O)cc4F)cn3)NO2)CC1. The minimum absolute atomic E-state index is 0.0482. The summed E-state index contributed by atoms with van der Waals surface area (Å²) in [6.07, 6.45) is 5.98. The highest BCUT2D eigenvalue weighted by molar-refractivity contribution is 5.90. The van der Waals surface area contributed by atoms with Gasteiger partial charge in [-0.3, -0.25) is 25.1 Å². The van der Waals surface area contributed by atoms with E-state index >= 15 is 4.39 Å². The van der Waals surface area contributed by atoms with Crippen LogP contribution in [0.2, 0.25) is 0 Å². The first-order valence-electron chi connectivity index (χ1n) is 12.6. The van der Waals surface area contributed by atoms with Gasteiger partial charge < -0.3 is 9.64 Å². The largest absolute Gasteiger partial charge is 0.442 e. The van der Waals surface area contributed by atoms with Gasteiger partial charge in [0.25, 0.3) is 0 Å². The standard InChI is InChI=1S/C26H29FN8O3/c1-32-8-10-33(11-9-32)15-20-13-25(30-38-20)24-5-2-18(14-28-24)22-4-3-19(12-23(22)27)35-17-21(37-26(35)36)16-34-7-6-29-31-34/h2-7,12-14,20-21,30H,8-11,15-17H2,1H3/t20-,21-/m0/s1. The Bertz CT molecular complexity index is 1310. The zero-order valence-corrected chi connectivity index (χ0v) is 21.0. The van der Waals surface area contributed by atoms with Crippen molar-refractivity contribution in [3.63, 3.8) is 0 Å². The number of hydrogen-bond acceptors (Lipinski definition) is 9. The van der Waals surface area contributed by atoms with Crippen LogP contribution in [-0.4, -0.2) is 94.4 Å². The van der Waals surface area contributed by atoms with E-state index in [0.717, 1.165) is 44.1 Å². The quantitative estimate of drug-likeness (QED) is 0.501. The number of hydroxylamine groups is 1. The number of likely N-dealkylation sites (N-methyl/N-ethyl adjacent to an activating group) is 1. The number of pyridine rings is 1. The van der Waals surface area contributed by atoms with Crippen LogP contribution in [0.1, 0.15) is 5.69 Å². The van der Waals surface area contributed by atoms with E-state index in [-0.39, 0.29) is 6.10 Å². The Hall–Kier alpha value is -3.87. The molecule has 2 aromatic heterocycles. The maximum atomic E-state index is 15.1. The van der Waals surface area contributed by atoms with Gasteiger partial charge in [-0.05, 0) is 37.4 Å². The van der Waals surface area contributed by atoms with Gasteiger partial charge in [0.05, 0.1) is 36.4 Å². The lowest BCUT2D eigenvalue weighted by molar-refractivity contribution is 0.0190. The minimum atomic E-state index is -0.515. The molecule has 5 heterocycles. The number of nitrogens with zero attached hydrogens (tertiary/aromatic N) is 7. The van der Waals surface area contributed by atoms with Crippen molar-refractivity contribution < 1.29 is 18.8 Å². The van der Waals surface area contributed by atoms with Gasteiger partial charge in [0.1, 0.15) is 18.0 Å². The van der Waals surface area contributed by atoms with Gasteiger partial charge >= 0.3 is 6.09 Å². The number of rotatable bonds is 7. The Labute approximate surface area is 219 Å². The summed E-state index contributed by atoms with van der Waals surface area (Å²) in [5, 5.41) is 7.65. The summed E-state index contributed by atoms with van der Waals surface area (Å²) in [7, 11) is 2.14. The number of ether oxygens (including phenoxy) is 1. The molecule has 0 radical (unpaired) electrons. The summed E-state index contributed by atoms with van der Waals surface area (Å²) in [6.45, 7) is 5.68. The van der Waals surface area contributed by atoms with Crippen LogP contribution in [0.5, 0.6) is 0 Å². The van der Waals surface area contributed by atoms with Crippen LogP contribution in [0, 0.1) is 5.82 Å². The summed E-state index contributed by atoms with van der Waals surface area (Å²) in [4.78, 5) is 28.8. The molecule has 1 amide bonds. The van der Waals surface area contributed by atoms with Gasteiger partial charge in [0.2, 0.25) is 0 Å². The molecule has 0 unspecified atom stereocenters. The Morgan fingerprint density at radius 2 is 2.00 bits per heavy atom. The van der Waals surface area contributed by atoms with E-state index in [2.05, 4.69) is 37.6 Å². The number of anilines is 1. The molecule has 2 saturated heterocycles. The highest BCUT2D eigenvalue weighted by atomic mass is 19.1. The summed E-state index contributed by atoms with van der Waals surface area (Å²) in [5.41, 5.74) is 5.99. The van der Waals surface area contributed by atoms with Crippen LogP contribution in [0.4, 0.5) is 14.9 Å². The molecule has 6 rings (SSSR count). The molecule has 12 heteroatoms. The molecule has 3 aliphatic rings. The molecule has 198 valence electrons. The fourth-order valence-electron chi connectivity index (χ4n) is 4.89. The van der Waals surface area contributed by atoms with Gasteiger partial charge in [-0.1, -0.05) is 11.3 Å². The Morgan fingerprint density at radius 3 is 2.74 bits per heavy atom. The lowest BCUT2D eigenvalue weighted by Gasteiger charge is -2.33. The fourth-order valence-corrected chi connectivity index (χ4v) is 4.89. The fraction of sp³-hybridized carbons (Fsp3) is 0.385. The molecule has 2 fully saturated rings. The lowest BCUT2D eigenvalue weighted by Crippen LogP contribution is -2.47. The maximum absolute atomic E-state index is 15.1. The highest BCUT2D eigenvalue weighted by Gasteiger charge is 2.33. The number of cyclic esters (lactones) is 1. The predicted molar refractivity (Wildman–Crippen MR) is 137 cm³/mol. The van der Waals surface area contributed by atoms with Gasteiger partial charge in [-0.15, -0.1) is 5.10 Å². The topological polar surface area (TPSA) is 101 Å². The van der Waals surface area contributed by atoms with Crippen LogP contribution < -0.4 is 10.4 Å². The molecule has 38 heavy (non-hydrogen) atoms. The molecule has 3 aromatic rings. The van der Waals surface area contributed by atoms with Crippen LogP contribution >= 0.6 is 0 Å². The van der Waals surface area contributed by atoms with Crippen molar-refractivity contribution in [2.45, 2.75) is 18.8 Å². The number of amides is 1. The van der Waals surface area contributed by atoms with Crippen molar-refractivity contribution in [2.75, 3.05) is 51.2 Å². The minimum Gasteiger partial charge on any atom is -0.442 e. The monoisotopic (exact) mass is 520 g/mol. The molecule has 0 bridgehead atoms. The van der Waals surface area contributed by atoms with Crippen LogP contribution in [-0.2, 0) is 16.1 Å². The van der Waals surface area contributed by atoms with E-state index in [1.165, 1.54) is 11.0 Å². The third kappa shape index (κ3) is 5.23. The number of hydrogen-bond donors (Lipinski definition) is 1. The number of piperazine rings is 1. The molecule has 11 nitrogen and oxygen atoms in total. The Balaban J connectivity index is 1.10. The maximum Gasteiger partial charge on any atom is 0.414 e. The van der Waals surface area contributed by atoms with Crippen LogP contribution in [0.3, 0.4) is 0 Å². The second-order valence-electron chi connectivity index (χ2n) is 9.78. The third-order valence-electron chi connectivity index (χ3n) is 7.06. The molecular weight excluding hydrogens is 491 g/mol. The van der Waals surface area contributed by atoms with Crippen molar-refractivity contribution >= 4 is 17.5 Å². The molecule has 1 N–H and O–H groups in total. The predicted octanol–water partition coefficient (Wildman–Crippen LogP) is 2.00. The number of nitrogens with one attached hydrogen (secondary N) is 1. The number of halogens is 1. The summed E-state index contributed by atoms with van der Waals surface area (Å²) >= 11 is 0. The van der Waals surface area contributed by atoms with E-state index in [4.69, 9.17) is 9.57 Å². The Morgan fingerprint density at radius 1 is 1.13 bits per heavy atom. The van der Waals surface area contributed by atoms with E-state index in [1.807, 2.05) is 18.2 Å². The van der Waals surface area contributed by atoms with Crippen molar-refractivity contribution in [3.05, 3.63) is 66.5 Å². The van der Waals surface area contributed by atoms with Crippen molar-refractivity contribution in [1.82, 2.24) is 35.3 Å². The van der Waals surface area contributed by atoms with Crippen molar-refractivity contribution in [1.29, 1.82) is 0 Å². The Kier molecular flexibility index (Phi) is 6.75. The van der Waals surface area contributed by atoms with Gasteiger partial charge in [-0.2, -0.15) is 0 Å². The van der Waals surface area contributed by atoms with E-state index in [0.29, 0.717) is 29.9 Å². The molecule has 3 aliphatic heterocycles. The first-order valence-corrected chi connectivity index (χ1v) is 12.6. The molecular formula is C26H29FN8O3. The van der Waals surface area contributed by atoms with Crippen LogP contribution in [0.25, 0.3) is 16.8 Å². The highest BCUT2D eigenvalue weighted by Crippen LogP contribution is 2.30. The second-order valence-corrected chi connectivity index (χ2v) is 9.78. The summed E-state index contributed by atoms with van der Waals surface area (Å²) in [5.74, 6) is -0.446. The van der Waals surface area contributed by atoms with E-state index in [1.54, 1.807) is 35.4 Å². The molecule has 1 aromatic carbocycles. The molecule has 0 aliphatic carbocycles. The smallest absolute Gasteiger partial charge is 0.414 e. The average Bonchev–Trinajstić information content (AvgIpc) is 3.68. The summed E-state index contributed by atoms with van der Waals surface area (Å²) in [6, 6.07) is 8.38. The lowest BCUT2D eigenvalue weighted by atomic mass is 10.1. The summed E-state index contributed by atoms with van der Waals surface area (Å²) < 4.78 is 22.1. The molecule has 2 atom stereocenters. The van der Waals surface area contributed by atoms with Gasteiger partial charge in [-0.25, -0.2) is 13.9 Å². The second kappa shape index (κ2) is 10.5. The zero-order chi connectivity index (χ0) is 26.1. The van der Waals surface area contributed by atoms with E-state index in [9.17, 15) is 4.79 Å². The molecule has 0 spiro atoms. The van der Waals surface area contributed by atoms with Crippen molar-refractivity contribution in [3.8, 4) is 11.1 Å². The van der Waals surface area contributed by atoms with Gasteiger partial charge in [0.15, 0.2) is 0 Å². The number of aromatic nitrogens is 4. The van der Waals surface area contributed by atoms with Crippen molar-refractivity contribution in [2.24, 2.45) is 0 Å². The average molecular weight is 521 g/mol. The zero-order valence-electron chi connectivity index (χ0n) is 21.0. The van der Waals surface area contributed by atoms with E-state index < -0.39 is 18.0 Å². The first kappa shape index (κ1) is 24.5. The number of carbonyl (C=O) groups excluding carboxylic acids is 1. The van der Waals surface area contributed by atoms with Gasteiger partial charge in [0, 0.05) is 56.2 Å². The number of benzene rings is 1. The molecule has 0 saturated carbocycles. The first-order chi connectivity index (χ1) is 18.5. The number of carbonyl (C=O) groups is 1. The normalized spacial score (nSPS) is 22.4. The third-order valence-corrected chi connectivity index (χ3v) is 7.06. The van der Waals surface area contributed by atoms with Crippen LogP contribution in [0.15, 0.2) is 55.0 Å².